The maximum absolute atomic E-state index is 8.96. The maximum Gasteiger partial charge on any atom is 0.194 e. The Balaban J connectivity index is 0.00000288. The van der Waals surface area contributed by atoms with Crippen LogP contribution in [-0.2, 0) is 20.1 Å². The molecule has 0 spiro atoms. The van der Waals surface area contributed by atoms with Crippen molar-refractivity contribution in [1.82, 2.24) is 14.8 Å². The van der Waals surface area contributed by atoms with Gasteiger partial charge in [-0.05, 0) is 39.7 Å². The smallest absolute Gasteiger partial charge is 0.194 e. The molecule has 0 atom stereocenters. The van der Waals surface area contributed by atoms with E-state index < -0.39 is 0 Å². The van der Waals surface area contributed by atoms with Gasteiger partial charge in [-0.15, -0.1) is 24.0 Å². The zero-order valence-electron chi connectivity index (χ0n) is 14.0. The minimum atomic E-state index is 0. The van der Waals surface area contributed by atoms with Gasteiger partial charge in [0.05, 0.1) is 18.2 Å². The van der Waals surface area contributed by atoms with Crippen molar-refractivity contribution in [2.75, 3.05) is 14.1 Å². The Morgan fingerprint density at radius 1 is 1.42 bits per heavy atom. The monoisotopic (exact) mass is 501 g/mol. The van der Waals surface area contributed by atoms with Crippen molar-refractivity contribution in [2.24, 2.45) is 12.0 Å². The Labute approximate surface area is 168 Å². The van der Waals surface area contributed by atoms with Gasteiger partial charge in [0.1, 0.15) is 0 Å². The van der Waals surface area contributed by atoms with E-state index in [2.05, 4.69) is 47.8 Å². The van der Waals surface area contributed by atoms with E-state index in [1.54, 1.807) is 13.1 Å². The predicted octanol–water partition coefficient (Wildman–Crippen LogP) is 3.48. The second kappa shape index (κ2) is 9.69. The molecule has 7 heteroatoms. The highest BCUT2D eigenvalue weighted by atomic mass is 127. The lowest BCUT2D eigenvalue weighted by Crippen LogP contribution is -2.38. The van der Waals surface area contributed by atoms with Crippen LogP contribution in [0.25, 0.3) is 0 Å². The summed E-state index contributed by atoms with van der Waals surface area (Å²) in [4.78, 5) is 6.39. The van der Waals surface area contributed by atoms with Crippen LogP contribution in [0.2, 0.25) is 0 Å². The number of hydrogen-bond donors (Lipinski definition) is 1. The first-order chi connectivity index (χ1) is 11.0. The minimum absolute atomic E-state index is 0. The van der Waals surface area contributed by atoms with Gasteiger partial charge < -0.3 is 14.8 Å². The molecule has 1 heterocycles. The van der Waals surface area contributed by atoms with Gasteiger partial charge in [0.2, 0.25) is 0 Å². The fourth-order valence-corrected chi connectivity index (χ4v) is 2.93. The molecule has 5 nitrogen and oxygen atoms in total. The van der Waals surface area contributed by atoms with Gasteiger partial charge in [-0.1, -0.05) is 12.1 Å². The number of guanidine groups is 1. The molecule has 1 N–H and O–H groups in total. The van der Waals surface area contributed by atoms with E-state index in [4.69, 9.17) is 5.26 Å². The van der Waals surface area contributed by atoms with E-state index in [1.165, 1.54) is 5.69 Å². The molecule has 0 saturated heterocycles. The van der Waals surface area contributed by atoms with E-state index in [9.17, 15) is 0 Å². The number of nitrogens with one attached hydrogen (secondary N) is 1. The Bertz CT molecular complexity index is 748. The molecule has 0 aliphatic rings. The zero-order valence-corrected chi connectivity index (χ0v) is 17.9. The number of aliphatic imine (C=N–C) groups is 1. The average molecular weight is 502 g/mol. The molecule has 0 amide bonds. The summed E-state index contributed by atoms with van der Waals surface area (Å²) in [6.07, 6.45) is 2.03. The van der Waals surface area contributed by atoms with Crippen molar-refractivity contribution >= 4 is 45.9 Å². The largest absolute Gasteiger partial charge is 0.352 e. The summed E-state index contributed by atoms with van der Waals surface area (Å²) in [6.45, 7) is 1.38. The number of nitriles is 1. The third-order valence-electron chi connectivity index (χ3n) is 3.55. The molecule has 2 aromatic rings. The standard InChI is InChI=1S/C17H20BrN5.HI/c1-20-17(21-10-14-6-4-5-13(7-14)9-19)23(3)12-16-8-15(18)11-22(16)2;/h4-8,11H,10,12H2,1-3H3,(H,20,21);1H. The highest BCUT2D eigenvalue weighted by Gasteiger charge is 2.09. The molecule has 0 aliphatic heterocycles. The van der Waals surface area contributed by atoms with Crippen LogP contribution in [-0.4, -0.2) is 29.5 Å². The SMILES string of the molecule is CN=C(NCc1cccc(C#N)c1)N(C)Cc1cc(Br)cn1C.I. The minimum Gasteiger partial charge on any atom is -0.352 e. The van der Waals surface area contributed by atoms with Crippen molar-refractivity contribution in [2.45, 2.75) is 13.1 Å². The summed E-state index contributed by atoms with van der Waals surface area (Å²) in [6, 6.07) is 11.8. The van der Waals surface area contributed by atoms with Crippen LogP contribution in [0.15, 0.2) is 46.0 Å². The second-order valence-electron chi connectivity index (χ2n) is 5.33. The van der Waals surface area contributed by atoms with Crippen LogP contribution in [0.3, 0.4) is 0 Å². The second-order valence-corrected chi connectivity index (χ2v) is 6.25. The molecule has 1 aromatic heterocycles. The number of aromatic nitrogens is 1. The van der Waals surface area contributed by atoms with Crippen LogP contribution in [0.4, 0.5) is 0 Å². The number of nitrogens with zero attached hydrogens (tertiary/aromatic N) is 4. The van der Waals surface area contributed by atoms with Gasteiger partial charge in [-0.25, -0.2) is 0 Å². The Morgan fingerprint density at radius 3 is 2.75 bits per heavy atom. The molecule has 0 unspecified atom stereocenters. The van der Waals surface area contributed by atoms with Crippen molar-refractivity contribution in [3.63, 3.8) is 0 Å². The number of hydrogen-bond acceptors (Lipinski definition) is 2. The molecule has 0 radical (unpaired) electrons. The average Bonchev–Trinajstić information content (AvgIpc) is 2.85. The molecule has 128 valence electrons. The first kappa shape index (κ1) is 20.5. The third-order valence-corrected chi connectivity index (χ3v) is 3.99. The number of aryl methyl sites for hydroxylation is 1. The molecule has 0 fully saturated rings. The fourth-order valence-electron chi connectivity index (χ4n) is 2.36. The number of benzene rings is 1. The van der Waals surface area contributed by atoms with Gasteiger partial charge >= 0.3 is 0 Å². The van der Waals surface area contributed by atoms with Crippen LogP contribution in [0.5, 0.6) is 0 Å². The third kappa shape index (κ3) is 5.53. The van der Waals surface area contributed by atoms with E-state index in [0.717, 1.165) is 22.5 Å². The van der Waals surface area contributed by atoms with Gasteiger partial charge in [0.15, 0.2) is 5.96 Å². The molecule has 2 rings (SSSR count). The van der Waals surface area contributed by atoms with Gasteiger partial charge in [-0.2, -0.15) is 5.26 Å². The highest BCUT2D eigenvalue weighted by molar-refractivity contribution is 14.0. The van der Waals surface area contributed by atoms with Crippen LogP contribution in [0, 0.1) is 11.3 Å². The molecule has 0 aliphatic carbocycles. The van der Waals surface area contributed by atoms with Crippen LogP contribution in [0.1, 0.15) is 16.8 Å². The van der Waals surface area contributed by atoms with Gasteiger partial charge in [0.25, 0.3) is 0 Å². The maximum atomic E-state index is 8.96. The lowest BCUT2D eigenvalue weighted by atomic mass is 10.1. The zero-order chi connectivity index (χ0) is 16.8. The Kier molecular flexibility index (Phi) is 8.28. The lowest BCUT2D eigenvalue weighted by molar-refractivity contribution is 0.461. The predicted molar refractivity (Wildman–Crippen MR) is 111 cm³/mol. The first-order valence-electron chi connectivity index (χ1n) is 7.25. The number of halogens is 2. The van der Waals surface area contributed by atoms with Crippen molar-refractivity contribution < 1.29 is 0 Å². The first-order valence-corrected chi connectivity index (χ1v) is 8.04. The Morgan fingerprint density at radius 2 is 2.17 bits per heavy atom. The van der Waals surface area contributed by atoms with Crippen molar-refractivity contribution in [3.8, 4) is 6.07 Å². The highest BCUT2D eigenvalue weighted by Crippen LogP contribution is 2.15. The quantitative estimate of drug-likeness (QED) is 0.396. The fraction of sp³-hybridized carbons (Fsp3) is 0.294. The lowest BCUT2D eigenvalue weighted by Gasteiger charge is -2.22. The van der Waals surface area contributed by atoms with Crippen LogP contribution >= 0.6 is 39.9 Å². The molecule has 0 bridgehead atoms. The van der Waals surface area contributed by atoms with Crippen LogP contribution < -0.4 is 5.32 Å². The summed E-state index contributed by atoms with van der Waals surface area (Å²) >= 11 is 3.49. The Hall–Kier alpha value is -1.53. The van der Waals surface area contributed by atoms with Crippen molar-refractivity contribution in [3.05, 3.63) is 57.8 Å². The topological polar surface area (TPSA) is 56.4 Å². The van der Waals surface area contributed by atoms with Gasteiger partial charge in [0, 0.05) is 44.1 Å². The summed E-state index contributed by atoms with van der Waals surface area (Å²) in [5, 5.41) is 12.3. The molecule has 24 heavy (non-hydrogen) atoms. The summed E-state index contributed by atoms with van der Waals surface area (Å²) in [5.41, 5.74) is 2.91. The molecule has 1 aromatic carbocycles. The van der Waals surface area contributed by atoms with E-state index in [0.29, 0.717) is 12.1 Å². The van der Waals surface area contributed by atoms with E-state index >= 15 is 0 Å². The summed E-state index contributed by atoms with van der Waals surface area (Å²) in [7, 11) is 5.80. The molecular formula is C17H21BrIN5. The van der Waals surface area contributed by atoms with Gasteiger partial charge in [-0.3, -0.25) is 4.99 Å². The van der Waals surface area contributed by atoms with E-state index in [1.807, 2.05) is 38.5 Å². The molecule has 0 saturated carbocycles. The van der Waals surface area contributed by atoms with E-state index in [-0.39, 0.29) is 24.0 Å². The normalized spacial score (nSPS) is 10.7. The van der Waals surface area contributed by atoms with Crippen molar-refractivity contribution in [1.29, 1.82) is 5.26 Å². The number of rotatable bonds is 4. The summed E-state index contributed by atoms with van der Waals surface area (Å²) in [5.74, 6) is 0.810. The molecular weight excluding hydrogens is 481 g/mol. The summed E-state index contributed by atoms with van der Waals surface area (Å²) < 4.78 is 3.16.